The lowest BCUT2D eigenvalue weighted by molar-refractivity contribution is -0.136. The normalized spacial score (nSPS) is 11.6. The fourth-order valence-corrected chi connectivity index (χ4v) is 0.758. The number of rotatable bonds is 4. The molecule has 0 aromatic heterocycles. The Morgan fingerprint density at radius 1 is 1.60 bits per heavy atom. The number of carboxylic acids is 1. The van der Waals surface area contributed by atoms with E-state index in [9.17, 15) is 4.79 Å². The maximum Gasteiger partial charge on any atom is 0.307 e. The van der Waals surface area contributed by atoms with Crippen LogP contribution in [0.4, 0.5) is 0 Å². The molecular formula is C8H14O2. The van der Waals surface area contributed by atoms with E-state index in [0.717, 1.165) is 12.8 Å². The molecule has 0 heterocycles. The molecule has 2 heteroatoms. The van der Waals surface area contributed by atoms with Crippen LogP contribution < -0.4 is 0 Å². The number of carbonyl (C=O) groups is 1. The van der Waals surface area contributed by atoms with Gasteiger partial charge in [0.2, 0.25) is 0 Å². The molecule has 0 aromatic carbocycles. The zero-order valence-corrected chi connectivity index (χ0v) is 6.55. The summed E-state index contributed by atoms with van der Waals surface area (Å²) >= 11 is 0. The lowest BCUT2D eigenvalue weighted by atomic mass is 10.1. The van der Waals surface area contributed by atoms with Crippen molar-refractivity contribution in [2.24, 2.45) is 0 Å². The summed E-state index contributed by atoms with van der Waals surface area (Å²) < 4.78 is 0. The highest BCUT2D eigenvalue weighted by molar-refractivity contribution is 5.68. The number of carboxylic acid groups (broad SMARTS) is 1. The second-order valence-electron chi connectivity index (χ2n) is 2.40. The first-order valence-electron chi connectivity index (χ1n) is 3.54. The summed E-state index contributed by atoms with van der Waals surface area (Å²) in [6.45, 7) is 4.05. The van der Waals surface area contributed by atoms with Crippen molar-refractivity contribution in [2.75, 3.05) is 0 Å². The minimum atomic E-state index is -0.754. The SMILES string of the molecule is CCCC(C)=CCC(=O)O. The summed E-state index contributed by atoms with van der Waals surface area (Å²) in [4.78, 5) is 10.1. The topological polar surface area (TPSA) is 37.3 Å². The van der Waals surface area contributed by atoms with Gasteiger partial charge in [0.1, 0.15) is 0 Å². The molecule has 0 saturated carbocycles. The Morgan fingerprint density at radius 3 is 2.60 bits per heavy atom. The van der Waals surface area contributed by atoms with Crippen molar-refractivity contribution in [3.05, 3.63) is 11.6 Å². The summed E-state index contributed by atoms with van der Waals surface area (Å²) in [6, 6.07) is 0. The van der Waals surface area contributed by atoms with Crippen LogP contribution in [-0.4, -0.2) is 11.1 Å². The molecule has 2 nitrogen and oxygen atoms in total. The van der Waals surface area contributed by atoms with E-state index >= 15 is 0 Å². The molecule has 0 spiro atoms. The van der Waals surface area contributed by atoms with E-state index in [4.69, 9.17) is 5.11 Å². The van der Waals surface area contributed by atoms with Gasteiger partial charge in [0.05, 0.1) is 6.42 Å². The third kappa shape index (κ3) is 5.35. The van der Waals surface area contributed by atoms with Crippen LogP contribution in [0.15, 0.2) is 11.6 Å². The van der Waals surface area contributed by atoms with Crippen LogP contribution in [0.1, 0.15) is 33.1 Å². The van der Waals surface area contributed by atoms with Gasteiger partial charge in [-0.3, -0.25) is 4.79 Å². The van der Waals surface area contributed by atoms with Crippen molar-refractivity contribution in [3.63, 3.8) is 0 Å². The van der Waals surface area contributed by atoms with Gasteiger partial charge in [0, 0.05) is 0 Å². The molecular weight excluding hydrogens is 128 g/mol. The molecule has 10 heavy (non-hydrogen) atoms. The Hall–Kier alpha value is -0.790. The fraction of sp³-hybridized carbons (Fsp3) is 0.625. The van der Waals surface area contributed by atoms with E-state index in [1.54, 1.807) is 6.08 Å². The van der Waals surface area contributed by atoms with Gasteiger partial charge in [-0.15, -0.1) is 0 Å². The van der Waals surface area contributed by atoms with E-state index in [0.29, 0.717) is 0 Å². The molecule has 0 fully saturated rings. The monoisotopic (exact) mass is 142 g/mol. The van der Waals surface area contributed by atoms with Crippen molar-refractivity contribution in [2.45, 2.75) is 33.1 Å². The third-order valence-corrected chi connectivity index (χ3v) is 1.27. The maximum absolute atomic E-state index is 10.1. The summed E-state index contributed by atoms with van der Waals surface area (Å²) in [5.41, 5.74) is 1.17. The van der Waals surface area contributed by atoms with Gasteiger partial charge < -0.3 is 5.11 Å². The molecule has 0 amide bonds. The highest BCUT2D eigenvalue weighted by Crippen LogP contribution is 2.03. The molecule has 0 saturated heterocycles. The lowest BCUT2D eigenvalue weighted by Gasteiger charge is -1.94. The first-order chi connectivity index (χ1) is 4.66. The van der Waals surface area contributed by atoms with Crippen LogP contribution in [0.3, 0.4) is 0 Å². The van der Waals surface area contributed by atoms with Crippen LogP contribution in [-0.2, 0) is 4.79 Å². The van der Waals surface area contributed by atoms with Crippen LogP contribution in [0.25, 0.3) is 0 Å². The maximum atomic E-state index is 10.1. The van der Waals surface area contributed by atoms with Gasteiger partial charge in [0.25, 0.3) is 0 Å². The number of hydrogen-bond donors (Lipinski definition) is 1. The molecule has 0 aliphatic rings. The minimum absolute atomic E-state index is 0.159. The predicted octanol–water partition coefficient (Wildman–Crippen LogP) is 2.21. The Balaban J connectivity index is 3.57. The standard InChI is InChI=1S/C8H14O2/c1-3-4-7(2)5-6-8(9)10/h5H,3-4,6H2,1-2H3,(H,9,10). The number of allylic oxidation sites excluding steroid dienone is 1. The van der Waals surface area contributed by atoms with Gasteiger partial charge in [0.15, 0.2) is 0 Å². The Labute approximate surface area is 61.6 Å². The number of aliphatic carboxylic acids is 1. The lowest BCUT2D eigenvalue weighted by Crippen LogP contribution is -1.91. The van der Waals surface area contributed by atoms with E-state index < -0.39 is 5.97 Å². The molecule has 0 radical (unpaired) electrons. The fourth-order valence-electron chi connectivity index (χ4n) is 0.758. The first kappa shape index (κ1) is 9.21. The molecule has 0 bridgehead atoms. The van der Waals surface area contributed by atoms with Crippen molar-refractivity contribution >= 4 is 5.97 Å². The van der Waals surface area contributed by atoms with Gasteiger partial charge in [-0.25, -0.2) is 0 Å². The van der Waals surface area contributed by atoms with Crippen molar-refractivity contribution in [1.82, 2.24) is 0 Å². The zero-order valence-electron chi connectivity index (χ0n) is 6.55. The minimum Gasteiger partial charge on any atom is -0.481 e. The first-order valence-corrected chi connectivity index (χ1v) is 3.54. The van der Waals surface area contributed by atoms with Crippen LogP contribution in [0.2, 0.25) is 0 Å². The molecule has 0 aromatic rings. The van der Waals surface area contributed by atoms with Crippen LogP contribution in [0.5, 0.6) is 0 Å². The number of hydrogen-bond acceptors (Lipinski definition) is 1. The average molecular weight is 142 g/mol. The van der Waals surface area contributed by atoms with E-state index in [1.807, 2.05) is 6.92 Å². The van der Waals surface area contributed by atoms with E-state index in [2.05, 4.69) is 6.92 Å². The molecule has 0 aliphatic carbocycles. The van der Waals surface area contributed by atoms with Gasteiger partial charge in [-0.1, -0.05) is 25.0 Å². The smallest absolute Gasteiger partial charge is 0.307 e. The molecule has 0 unspecified atom stereocenters. The predicted molar refractivity (Wildman–Crippen MR) is 40.9 cm³/mol. The molecule has 0 rings (SSSR count). The van der Waals surface area contributed by atoms with Gasteiger partial charge in [-0.05, 0) is 13.3 Å². The summed E-state index contributed by atoms with van der Waals surface area (Å²) in [5, 5.41) is 8.29. The molecule has 58 valence electrons. The third-order valence-electron chi connectivity index (χ3n) is 1.27. The molecule has 1 N–H and O–H groups in total. The van der Waals surface area contributed by atoms with Gasteiger partial charge >= 0.3 is 5.97 Å². The molecule has 0 atom stereocenters. The van der Waals surface area contributed by atoms with Crippen molar-refractivity contribution in [1.29, 1.82) is 0 Å². The van der Waals surface area contributed by atoms with Crippen molar-refractivity contribution < 1.29 is 9.90 Å². The van der Waals surface area contributed by atoms with E-state index in [1.165, 1.54) is 5.57 Å². The quantitative estimate of drug-likeness (QED) is 0.611. The Bertz CT molecular complexity index is 136. The van der Waals surface area contributed by atoms with Crippen LogP contribution >= 0.6 is 0 Å². The highest BCUT2D eigenvalue weighted by atomic mass is 16.4. The largest absolute Gasteiger partial charge is 0.481 e. The summed E-state index contributed by atoms with van der Waals surface area (Å²) in [5.74, 6) is -0.754. The highest BCUT2D eigenvalue weighted by Gasteiger charge is 1.92. The second-order valence-corrected chi connectivity index (χ2v) is 2.40. The second kappa shape index (κ2) is 5.03. The van der Waals surface area contributed by atoms with Gasteiger partial charge in [-0.2, -0.15) is 0 Å². The van der Waals surface area contributed by atoms with Crippen LogP contribution in [0, 0.1) is 0 Å². The summed E-state index contributed by atoms with van der Waals surface area (Å²) in [6.07, 6.45) is 4.02. The Morgan fingerprint density at radius 2 is 2.20 bits per heavy atom. The molecule has 0 aliphatic heterocycles. The average Bonchev–Trinajstić information content (AvgIpc) is 1.85. The Kier molecular flexibility index (Phi) is 4.63. The summed E-state index contributed by atoms with van der Waals surface area (Å²) in [7, 11) is 0. The zero-order chi connectivity index (χ0) is 7.98. The van der Waals surface area contributed by atoms with Crippen molar-refractivity contribution in [3.8, 4) is 0 Å². The van der Waals surface area contributed by atoms with E-state index in [-0.39, 0.29) is 6.42 Å².